The summed E-state index contributed by atoms with van der Waals surface area (Å²) in [6.07, 6.45) is 9.95. The lowest BCUT2D eigenvalue weighted by Gasteiger charge is -2.38. The molecule has 0 unspecified atom stereocenters. The third-order valence-electron chi connectivity index (χ3n) is 5.72. The van der Waals surface area contributed by atoms with E-state index in [0.717, 1.165) is 17.2 Å². The maximum Gasteiger partial charge on any atom is 0.273 e. The Morgan fingerprint density at radius 3 is 2.71 bits per heavy atom. The first-order valence-corrected chi connectivity index (χ1v) is 10.0. The molecule has 1 amide bonds. The van der Waals surface area contributed by atoms with Crippen LogP contribution < -0.4 is 5.01 Å². The van der Waals surface area contributed by atoms with Crippen LogP contribution in [0.2, 0.25) is 0 Å². The zero-order valence-electron chi connectivity index (χ0n) is 13.7. The third kappa shape index (κ3) is 2.16. The Hall–Kier alpha value is -1.68. The summed E-state index contributed by atoms with van der Waals surface area (Å²) in [6.45, 7) is 0. The molecule has 4 heteroatoms. The van der Waals surface area contributed by atoms with Gasteiger partial charge in [0.2, 0.25) is 0 Å². The highest BCUT2D eigenvalue weighted by molar-refractivity contribution is 8.00. The first-order valence-electron chi connectivity index (χ1n) is 9.08. The number of amides is 1. The van der Waals surface area contributed by atoms with Gasteiger partial charge in [-0.25, -0.2) is 5.01 Å². The van der Waals surface area contributed by atoms with Crippen LogP contribution in [-0.2, 0) is 0 Å². The van der Waals surface area contributed by atoms with Crippen molar-refractivity contribution < 1.29 is 4.79 Å². The molecule has 3 nitrogen and oxygen atoms in total. The molecule has 1 fully saturated rings. The molecule has 0 spiro atoms. The van der Waals surface area contributed by atoms with Crippen molar-refractivity contribution in [1.82, 2.24) is 4.68 Å². The predicted octanol–water partition coefficient (Wildman–Crippen LogP) is 4.83. The molecule has 0 radical (unpaired) electrons. The molecular formula is C20H22N2OS. The highest BCUT2D eigenvalue weighted by Gasteiger charge is 2.44. The number of hydrogen-bond donors (Lipinski definition) is 0. The van der Waals surface area contributed by atoms with Crippen molar-refractivity contribution in [2.45, 2.75) is 55.1 Å². The van der Waals surface area contributed by atoms with Crippen molar-refractivity contribution in [3.05, 3.63) is 59.4 Å². The maximum absolute atomic E-state index is 12.9. The summed E-state index contributed by atoms with van der Waals surface area (Å²) in [7, 11) is 0. The predicted molar refractivity (Wildman–Crippen MR) is 98.0 cm³/mol. The molecule has 3 heterocycles. The Kier molecular flexibility index (Phi) is 3.47. The Labute approximate surface area is 147 Å². The van der Waals surface area contributed by atoms with Crippen LogP contribution in [0.1, 0.15) is 71.4 Å². The molecule has 3 aliphatic rings. The normalized spacial score (nSPS) is 26.2. The molecule has 0 saturated heterocycles. The van der Waals surface area contributed by atoms with Crippen LogP contribution in [0, 0.1) is 0 Å². The van der Waals surface area contributed by atoms with Crippen LogP contribution in [0.15, 0.2) is 42.6 Å². The third-order valence-corrected chi connectivity index (χ3v) is 7.34. The lowest BCUT2D eigenvalue weighted by atomic mass is 9.99. The highest BCUT2D eigenvalue weighted by atomic mass is 32.2. The van der Waals surface area contributed by atoms with Crippen molar-refractivity contribution >= 4 is 17.7 Å². The summed E-state index contributed by atoms with van der Waals surface area (Å²) in [5.74, 6) is 0.147. The van der Waals surface area contributed by atoms with Crippen LogP contribution >= 0.6 is 11.8 Å². The molecule has 0 bridgehead atoms. The quantitative estimate of drug-likeness (QED) is 0.783. The molecule has 1 aliphatic carbocycles. The molecule has 1 aromatic heterocycles. The minimum Gasteiger partial charge on any atom is -0.267 e. The highest BCUT2D eigenvalue weighted by Crippen LogP contribution is 2.50. The fraction of sp³-hybridized carbons (Fsp3) is 0.450. The van der Waals surface area contributed by atoms with E-state index >= 15 is 0 Å². The smallest absolute Gasteiger partial charge is 0.267 e. The number of rotatable bonds is 2. The van der Waals surface area contributed by atoms with E-state index < -0.39 is 0 Å². The minimum absolute atomic E-state index is 0.147. The standard InChI is InChI=1S/C20H22N2OS/c23-20-16-10-5-4-9-15(16)18-13-19(24-14-7-2-1-3-8-14)17-11-6-12-21(17)22(18)20/h4-6,9-12,14,18-19H,1-3,7-8,13H2/t18-,19+/m0/s1. The molecule has 2 atom stereocenters. The van der Waals surface area contributed by atoms with E-state index in [1.807, 2.05) is 17.1 Å². The summed E-state index contributed by atoms with van der Waals surface area (Å²) in [5.41, 5.74) is 3.38. The molecule has 2 aromatic rings. The number of nitrogens with zero attached hydrogens (tertiary/aromatic N) is 2. The van der Waals surface area contributed by atoms with E-state index in [1.54, 1.807) is 0 Å². The van der Waals surface area contributed by atoms with Gasteiger partial charge in [-0.1, -0.05) is 37.5 Å². The van der Waals surface area contributed by atoms with Crippen molar-refractivity contribution in [2.75, 3.05) is 5.01 Å². The van der Waals surface area contributed by atoms with E-state index in [2.05, 4.69) is 46.9 Å². The SMILES string of the molecule is O=C1c2ccccc2[C@@H]2C[C@@H](SC3CCCCC3)c3cccn3N12. The van der Waals surface area contributed by atoms with Gasteiger partial charge >= 0.3 is 0 Å². The Balaban J connectivity index is 1.51. The molecule has 2 aliphatic heterocycles. The lowest BCUT2D eigenvalue weighted by Crippen LogP contribution is -2.42. The van der Waals surface area contributed by atoms with Gasteiger partial charge in [0, 0.05) is 22.3 Å². The average molecular weight is 338 g/mol. The number of carbonyl (C=O) groups excluding carboxylic acids is 1. The lowest BCUT2D eigenvalue weighted by molar-refractivity contribution is 0.0954. The zero-order chi connectivity index (χ0) is 16.1. The molecule has 0 N–H and O–H groups in total. The second kappa shape index (κ2) is 5.69. The fourth-order valence-corrected chi connectivity index (χ4v) is 6.26. The topological polar surface area (TPSA) is 25.2 Å². The van der Waals surface area contributed by atoms with Gasteiger partial charge in [0.1, 0.15) is 0 Å². The molecule has 124 valence electrons. The van der Waals surface area contributed by atoms with Gasteiger partial charge in [0.25, 0.3) is 5.91 Å². The largest absolute Gasteiger partial charge is 0.273 e. The summed E-state index contributed by atoms with van der Waals surface area (Å²) in [4.78, 5) is 12.9. The fourth-order valence-electron chi connectivity index (χ4n) is 4.57. The maximum atomic E-state index is 12.9. The number of fused-ring (bicyclic) bond motifs is 5. The van der Waals surface area contributed by atoms with Crippen molar-refractivity contribution in [3.8, 4) is 0 Å². The monoisotopic (exact) mass is 338 g/mol. The van der Waals surface area contributed by atoms with E-state index in [9.17, 15) is 4.79 Å². The van der Waals surface area contributed by atoms with Gasteiger partial charge < -0.3 is 0 Å². The molecular weight excluding hydrogens is 316 g/mol. The second-order valence-electron chi connectivity index (χ2n) is 7.15. The van der Waals surface area contributed by atoms with Crippen LogP contribution in [0.5, 0.6) is 0 Å². The van der Waals surface area contributed by atoms with Gasteiger partial charge in [0.15, 0.2) is 0 Å². The van der Waals surface area contributed by atoms with Gasteiger partial charge in [-0.15, -0.1) is 11.8 Å². The second-order valence-corrected chi connectivity index (χ2v) is 8.66. The van der Waals surface area contributed by atoms with E-state index in [1.165, 1.54) is 43.4 Å². The van der Waals surface area contributed by atoms with Crippen molar-refractivity contribution in [2.24, 2.45) is 0 Å². The molecule has 5 rings (SSSR count). The van der Waals surface area contributed by atoms with Crippen LogP contribution in [0.4, 0.5) is 0 Å². The van der Waals surface area contributed by atoms with Gasteiger partial charge in [0.05, 0.1) is 11.7 Å². The average Bonchev–Trinajstić information content (AvgIpc) is 3.21. The molecule has 24 heavy (non-hydrogen) atoms. The van der Waals surface area contributed by atoms with Crippen LogP contribution in [0.3, 0.4) is 0 Å². The summed E-state index contributed by atoms with van der Waals surface area (Å²) < 4.78 is 2.12. The number of aromatic nitrogens is 1. The van der Waals surface area contributed by atoms with Crippen LogP contribution in [0.25, 0.3) is 0 Å². The summed E-state index contributed by atoms with van der Waals surface area (Å²) in [5, 5.41) is 3.24. The summed E-state index contributed by atoms with van der Waals surface area (Å²) in [6, 6.07) is 12.6. The minimum atomic E-state index is 0.147. The Morgan fingerprint density at radius 2 is 1.83 bits per heavy atom. The summed E-state index contributed by atoms with van der Waals surface area (Å²) >= 11 is 2.15. The Bertz CT molecular complexity index is 777. The first kappa shape index (κ1) is 14.6. The van der Waals surface area contributed by atoms with Gasteiger partial charge in [-0.3, -0.25) is 9.47 Å². The van der Waals surface area contributed by atoms with Gasteiger partial charge in [-0.05, 0) is 43.0 Å². The van der Waals surface area contributed by atoms with Crippen molar-refractivity contribution in [3.63, 3.8) is 0 Å². The zero-order valence-corrected chi connectivity index (χ0v) is 14.5. The van der Waals surface area contributed by atoms with Gasteiger partial charge in [-0.2, -0.15) is 0 Å². The molecule has 1 saturated carbocycles. The Morgan fingerprint density at radius 1 is 1.00 bits per heavy atom. The molecule has 1 aromatic carbocycles. The number of carbonyl (C=O) groups is 1. The van der Waals surface area contributed by atoms with E-state index in [-0.39, 0.29) is 11.9 Å². The van der Waals surface area contributed by atoms with Crippen molar-refractivity contribution in [1.29, 1.82) is 0 Å². The van der Waals surface area contributed by atoms with E-state index in [4.69, 9.17) is 0 Å². The number of benzene rings is 1. The van der Waals surface area contributed by atoms with E-state index in [0.29, 0.717) is 5.25 Å². The van der Waals surface area contributed by atoms with Crippen LogP contribution in [-0.4, -0.2) is 15.8 Å². The first-order chi connectivity index (χ1) is 11.8. The number of hydrogen-bond acceptors (Lipinski definition) is 2. The number of thioether (sulfide) groups is 1.